The van der Waals surface area contributed by atoms with Gasteiger partial charge in [0.25, 0.3) is 0 Å². The number of nitrogens with zero attached hydrogens (tertiary/aromatic N) is 3. The van der Waals surface area contributed by atoms with Crippen LogP contribution in [0.25, 0.3) is 0 Å². The van der Waals surface area contributed by atoms with Gasteiger partial charge in [-0.2, -0.15) is 0 Å². The summed E-state index contributed by atoms with van der Waals surface area (Å²) in [5, 5.41) is 12.3. The van der Waals surface area contributed by atoms with Gasteiger partial charge in [-0.15, -0.1) is 21.5 Å². The monoisotopic (exact) mass is 399 g/mol. The van der Waals surface area contributed by atoms with Gasteiger partial charge in [-0.05, 0) is 30.0 Å². The van der Waals surface area contributed by atoms with E-state index < -0.39 is 0 Å². The highest BCUT2D eigenvalue weighted by Gasteiger charge is 2.07. The molecule has 0 aliphatic carbocycles. The number of aromatic nitrogens is 3. The van der Waals surface area contributed by atoms with Crippen molar-refractivity contribution in [2.24, 2.45) is 0 Å². The van der Waals surface area contributed by atoms with Crippen molar-refractivity contribution in [1.29, 1.82) is 0 Å². The van der Waals surface area contributed by atoms with Gasteiger partial charge in [0.2, 0.25) is 0 Å². The van der Waals surface area contributed by atoms with E-state index >= 15 is 0 Å². The number of thioether (sulfide) groups is 1. The fraction of sp³-hybridized carbons (Fsp3) is 0.250. The van der Waals surface area contributed by atoms with Crippen LogP contribution in [0.15, 0.2) is 47.2 Å². The standard InChI is InChI=1S/C16H15Cl2N3OS2/c17-12-3-4-14(18)15(10-12)22-7-9-24-16-20-19-11-21(16)6-5-13-2-1-8-23-13/h1-4,8,10-11H,5-7,9H2. The Morgan fingerprint density at radius 2 is 2.17 bits per heavy atom. The molecule has 0 spiro atoms. The fourth-order valence-electron chi connectivity index (χ4n) is 2.07. The molecule has 24 heavy (non-hydrogen) atoms. The minimum atomic E-state index is 0.516. The molecule has 0 aliphatic rings. The smallest absolute Gasteiger partial charge is 0.191 e. The van der Waals surface area contributed by atoms with E-state index in [1.807, 2.05) is 0 Å². The van der Waals surface area contributed by atoms with Crippen molar-refractivity contribution in [2.75, 3.05) is 12.4 Å². The largest absolute Gasteiger partial charge is 0.491 e. The highest BCUT2D eigenvalue weighted by molar-refractivity contribution is 7.99. The number of ether oxygens (including phenoxy) is 1. The van der Waals surface area contributed by atoms with Gasteiger partial charge in [0.1, 0.15) is 12.1 Å². The van der Waals surface area contributed by atoms with E-state index in [0.717, 1.165) is 23.9 Å². The Kier molecular flexibility index (Phi) is 6.43. The molecule has 0 bridgehead atoms. The first-order valence-corrected chi connectivity index (χ1v) is 9.95. The highest BCUT2D eigenvalue weighted by atomic mass is 35.5. The molecule has 0 aliphatic heterocycles. The van der Waals surface area contributed by atoms with Crippen LogP contribution in [0, 0.1) is 0 Å². The minimum absolute atomic E-state index is 0.516. The van der Waals surface area contributed by atoms with Crippen molar-refractivity contribution in [3.63, 3.8) is 0 Å². The maximum absolute atomic E-state index is 6.07. The summed E-state index contributed by atoms with van der Waals surface area (Å²) in [7, 11) is 0. The molecule has 126 valence electrons. The predicted molar refractivity (Wildman–Crippen MR) is 101 cm³/mol. The van der Waals surface area contributed by atoms with Crippen LogP contribution in [0.3, 0.4) is 0 Å². The molecule has 8 heteroatoms. The minimum Gasteiger partial charge on any atom is -0.491 e. The molecule has 0 saturated carbocycles. The van der Waals surface area contributed by atoms with E-state index in [-0.39, 0.29) is 0 Å². The SMILES string of the molecule is Clc1ccc(Cl)c(OCCSc2nncn2CCc2cccs2)c1. The summed E-state index contributed by atoms with van der Waals surface area (Å²) in [5.41, 5.74) is 0. The Hall–Kier alpha value is -1.21. The van der Waals surface area contributed by atoms with Gasteiger partial charge in [0.15, 0.2) is 5.16 Å². The van der Waals surface area contributed by atoms with Crippen LogP contribution in [0.4, 0.5) is 0 Å². The normalized spacial score (nSPS) is 10.9. The second-order valence-electron chi connectivity index (χ2n) is 4.91. The first kappa shape index (κ1) is 17.6. The zero-order valence-electron chi connectivity index (χ0n) is 12.7. The van der Waals surface area contributed by atoms with Gasteiger partial charge in [-0.1, -0.05) is 41.0 Å². The lowest BCUT2D eigenvalue weighted by molar-refractivity contribution is 0.344. The molecule has 2 heterocycles. The van der Waals surface area contributed by atoms with Gasteiger partial charge in [-0.25, -0.2) is 0 Å². The molecule has 0 N–H and O–H groups in total. The van der Waals surface area contributed by atoms with Crippen molar-refractivity contribution in [3.05, 3.63) is 57.0 Å². The maximum Gasteiger partial charge on any atom is 0.191 e. The molecule has 3 aromatic rings. The number of hydrogen-bond acceptors (Lipinski definition) is 5. The van der Waals surface area contributed by atoms with Crippen molar-refractivity contribution >= 4 is 46.3 Å². The number of benzene rings is 1. The number of halogens is 2. The van der Waals surface area contributed by atoms with Gasteiger partial charge in [0, 0.05) is 28.3 Å². The van der Waals surface area contributed by atoms with E-state index in [1.54, 1.807) is 47.6 Å². The van der Waals surface area contributed by atoms with Crippen LogP contribution in [0.1, 0.15) is 4.88 Å². The molecule has 0 fully saturated rings. The van der Waals surface area contributed by atoms with Crippen LogP contribution in [-0.4, -0.2) is 27.1 Å². The molecule has 2 aromatic heterocycles. The molecule has 0 radical (unpaired) electrons. The molecule has 1 aromatic carbocycles. The molecule has 0 unspecified atom stereocenters. The van der Waals surface area contributed by atoms with Crippen molar-refractivity contribution in [2.45, 2.75) is 18.1 Å². The van der Waals surface area contributed by atoms with Crippen LogP contribution >= 0.6 is 46.3 Å². The van der Waals surface area contributed by atoms with Crippen molar-refractivity contribution in [1.82, 2.24) is 14.8 Å². The van der Waals surface area contributed by atoms with Crippen molar-refractivity contribution < 1.29 is 4.74 Å². The average Bonchev–Trinajstić information content (AvgIpc) is 3.24. The summed E-state index contributed by atoms with van der Waals surface area (Å²) in [5.74, 6) is 1.35. The van der Waals surface area contributed by atoms with Gasteiger partial charge < -0.3 is 9.30 Å². The van der Waals surface area contributed by atoms with Gasteiger partial charge >= 0.3 is 0 Å². The lowest BCUT2D eigenvalue weighted by Crippen LogP contribution is -2.04. The second kappa shape index (κ2) is 8.76. The lowest BCUT2D eigenvalue weighted by Gasteiger charge is -2.08. The van der Waals surface area contributed by atoms with Crippen LogP contribution in [0.5, 0.6) is 5.75 Å². The topological polar surface area (TPSA) is 39.9 Å². The van der Waals surface area contributed by atoms with Crippen LogP contribution in [-0.2, 0) is 13.0 Å². The first-order chi connectivity index (χ1) is 11.7. The molecule has 0 saturated heterocycles. The second-order valence-corrected chi connectivity index (χ2v) is 7.85. The highest BCUT2D eigenvalue weighted by Crippen LogP contribution is 2.28. The Bertz CT molecular complexity index is 777. The molecule has 4 nitrogen and oxygen atoms in total. The third-order valence-electron chi connectivity index (χ3n) is 3.22. The van der Waals surface area contributed by atoms with E-state index in [0.29, 0.717) is 22.4 Å². The summed E-state index contributed by atoms with van der Waals surface area (Å²) in [6.07, 6.45) is 2.75. The molecular formula is C16H15Cl2N3OS2. The maximum atomic E-state index is 6.07. The number of rotatable bonds is 8. The van der Waals surface area contributed by atoms with E-state index in [2.05, 4.69) is 32.3 Å². The number of thiophene rings is 1. The zero-order valence-corrected chi connectivity index (χ0v) is 15.8. The summed E-state index contributed by atoms with van der Waals surface area (Å²) in [4.78, 5) is 1.36. The third-order valence-corrected chi connectivity index (χ3v) is 5.65. The van der Waals surface area contributed by atoms with Gasteiger partial charge in [0.05, 0.1) is 11.6 Å². The third kappa shape index (κ3) is 4.89. The summed E-state index contributed by atoms with van der Waals surface area (Å²) >= 11 is 15.4. The predicted octanol–water partition coefficient (Wildman–Crippen LogP) is 5.06. The number of aryl methyl sites for hydroxylation is 2. The summed E-state index contributed by atoms with van der Waals surface area (Å²) in [6.45, 7) is 1.39. The van der Waals surface area contributed by atoms with Gasteiger partial charge in [-0.3, -0.25) is 0 Å². The first-order valence-electron chi connectivity index (χ1n) is 7.33. The average molecular weight is 400 g/mol. The molecule has 3 rings (SSSR count). The van der Waals surface area contributed by atoms with E-state index in [1.165, 1.54) is 4.88 Å². The quantitative estimate of drug-likeness (QED) is 0.391. The van der Waals surface area contributed by atoms with Crippen LogP contribution in [0.2, 0.25) is 10.0 Å². The summed E-state index contributed by atoms with van der Waals surface area (Å²) < 4.78 is 7.75. The molecule has 0 amide bonds. The Morgan fingerprint density at radius 3 is 3.00 bits per heavy atom. The van der Waals surface area contributed by atoms with Crippen LogP contribution < -0.4 is 4.74 Å². The molecular weight excluding hydrogens is 385 g/mol. The summed E-state index contributed by atoms with van der Waals surface area (Å²) in [6, 6.07) is 9.40. The lowest BCUT2D eigenvalue weighted by atomic mass is 10.3. The van der Waals surface area contributed by atoms with E-state index in [9.17, 15) is 0 Å². The van der Waals surface area contributed by atoms with E-state index in [4.69, 9.17) is 27.9 Å². The van der Waals surface area contributed by atoms with Crippen molar-refractivity contribution in [3.8, 4) is 5.75 Å². The fourth-order valence-corrected chi connectivity index (χ4v) is 3.86. The Labute approximate surface area is 158 Å². The Morgan fingerprint density at radius 1 is 1.25 bits per heavy atom. The number of hydrogen-bond donors (Lipinski definition) is 0. The Balaban J connectivity index is 1.47. The zero-order chi connectivity index (χ0) is 16.8. The molecule has 0 atom stereocenters.